The van der Waals surface area contributed by atoms with Gasteiger partial charge in [0, 0.05) is 43.8 Å². The van der Waals surface area contributed by atoms with Crippen molar-refractivity contribution in [1.29, 1.82) is 0 Å². The van der Waals surface area contributed by atoms with Crippen molar-refractivity contribution in [1.82, 2.24) is 14.9 Å². The Bertz CT molecular complexity index is 1270. The van der Waals surface area contributed by atoms with E-state index in [1.807, 2.05) is 4.90 Å². The van der Waals surface area contributed by atoms with E-state index in [0.717, 1.165) is 6.20 Å². The number of carbonyl (C=O) groups excluding carboxylic acids is 3. The minimum Gasteiger partial charge on any atom is -0.404 e. The molecule has 12 nitrogen and oxygen atoms in total. The van der Waals surface area contributed by atoms with E-state index in [2.05, 4.69) is 15.3 Å². The number of hydrogen-bond acceptors (Lipinski definition) is 9. The molecule has 1 fully saturated rings. The molecule has 0 bridgehead atoms. The third kappa shape index (κ3) is 5.58. The molecule has 0 radical (unpaired) electrons. The van der Waals surface area contributed by atoms with Crippen LogP contribution in [0.5, 0.6) is 0 Å². The number of primary amides is 1. The summed E-state index contributed by atoms with van der Waals surface area (Å²) in [6, 6.07) is 3.36. The van der Waals surface area contributed by atoms with Crippen LogP contribution in [0.3, 0.4) is 0 Å². The minimum atomic E-state index is -1.64. The molecule has 0 spiro atoms. The van der Waals surface area contributed by atoms with E-state index in [1.54, 1.807) is 12.1 Å². The molecular weight excluding hydrogens is 497 g/mol. The number of amides is 3. The highest BCUT2D eigenvalue weighted by Gasteiger charge is 2.36. The summed E-state index contributed by atoms with van der Waals surface area (Å²) in [7, 11) is 0. The van der Waals surface area contributed by atoms with Gasteiger partial charge in [0.2, 0.25) is 0 Å². The monoisotopic (exact) mass is 527 g/mol. The number of aromatic nitrogens is 2. The third-order valence-corrected chi connectivity index (χ3v) is 6.44. The van der Waals surface area contributed by atoms with Gasteiger partial charge in [0.1, 0.15) is 6.17 Å². The van der Waals surface area contributed by atoms with Crippen LogP contribution in [0, 0.1) is 0 Å². The summed E-state index contributed by atoms with van der Waals surface area (Å²) in [6.07, 6.45) is 1.81. The van der Waals surface area contributed by atoms with Gasteiger partial charge in [-0.1, -0.05) is 0 Å². The van der Waals surface area contributed by atoms with Crippen LogP contribution in [0.25, 0.3) is 5.57 Å². The number of nitrogens with two attached hydrogens (primary N) is 2. The number of anilines is 2. The maximum absolute atomic E-state index is 14.6. The standard InChI is InChI=1S/C25H30FN7O5/c1-25(2,37)20(26)13-33-12-14-7-18(19(8-16(14)24(33)36)32-3-5-38-6-4-32)31-23(35)17(9-27)22-29-10-15(11-30-22)21(28)34/h7-11,20,37H,3-6,12-13,27H2,1-2H3,(H2,28,34)(H,31,35)/t20-/m1/s1. The van der Waals surface area contributed by atoms with Crippen LogP contribution in [0.4, 0.5) is 15.8 Å². The van der Waals surface area contributed by atoms with Crippen molar-refractivity contribution < 1.29 is 28.6 Å². The fourth-order valence-corrected chi connectivity index (χ4v) is 4.18. The van der Waals surface area contributed by atoms with E-state index in [1.165, 1.54) is 31.1 Å². The molecule has 0 aliphatic carbocycles. The number of carbonyl (C=O) groups is 3. The zero-order valence-electron chi connectivity index (χ0n) is 21.1. The summed E-state index contributed by atoms with van der Waals surface area (Å²) in [4.78, 5) is 49.0. The summed E-state index contributed by atoms with van der Waals surface area (Å²) in [5.41, 5.74) is 11.4. The molecule has 1 aromatic carbocycles. The minimum absolute atomic E-state index is 0.00830. The largest absolute Gasteiger partial charge is 0.404 e. The molecule has 38 heavy (non-hydrogen) atoms. The number of ether oxygens (including phenoxy) is 1. The van der Waals surface area contributed by atoms with E-state index < -0.39 is 23.6 Å². The van der Waals surface area contributed by atoms with Crippen molar-refractivity contribution in [3.8, 4) is 0 Å². The molecule has 3 amide bonds. The Kier molecular flexibility index (Phi) is 7.60. The number of benzene rings is 1. The first-order valence-corrected chi connectivity index (χ1v) is 12.0. The first-order valence-electron chi connectivity index (χ1n) is 12.0. The van der Waals surface area contributed by atoms with Crippen molar-refractivity contribution in [2.24, 2.45) is 11.5 Å². The van der Waals surface area contributed by atoms with Gasteiger partial charge < -0.3 is 36.4 Å². The molecule has 6 N–H and O–H groups in total. The van der Waals surface area contributed by atoms with Crippen LogP contribution in [0.15, 0.2) is 30.7 Å². The summed E-state index contributed by atoms with van der Waals surface area (Å²) < 4.78 is 20.0. The highest BCUT2D eigenvalue weighted by atomic mass is 19.1. The maximum atomic E-state index is 14.6. The number of aliphatic hydroxyl groups is 1. The summed E-state index contributed by atoms with van der Waals surface area (Å²) in [6.45, 7) is 4.54. The number of alkyl halides is 1. The Morgan fingerprint density at radius 3 is 2.50 bits per heavy atom. The van der Waals surface area contributed by atoms with Crippen LogP contribution in [0.1, 0.15) is 46.0 Å². The van der Waals surface area contributed by atoms with Crippen molar-refractivity contribution in [3.05, 3.63) is 53.2 Å². The molecule has 13 heteroatoms. The molecule has 202 valence electrons. The highest BCUT2D eigenvalue weighted by Crippen LogP contribution is 2.36. The zero-order valence-corrected chi connectivity index (χ0v) is 21.1. The molecule has 2 aromatic rings. The second kappa shape index (κ2) is 10.7. The van der Waals surface area contributed by atoms with Gasteiger partial charge in [-0.3, -0.25) is 14.4 Å². The van der Waals surface area contributed by atoms with Gasteiger partial charge in [-0.15, -0.1) is 0 Å². The SMILES string of the molecule is CC(C)(O)[C@H](F)CN1Cc2cc(NC(=O)C(=CN)c3ncc(C(N)=O)cn3)c(N3CCOCC3)cc2C1=O. The number of fused-ring (bicyclic) bond motifs is 1. The van der Waals surface area contributed by atoms with Gasteiger partial charge in [0.25, 0.3) is 17.7 Å². The molecule has 1 saturated heterocycles. The van der Waals surface area contributed by atoms with E-state index in [-0.39, 0.29) is 36.0 Å². The number of rotatable bonds is 8. The Balaban J connectivity index is 1.64. The second-order valence-corrected chi connectivity index (χ2v) is 9.63. The van der Waals surface area contributed by atoms with Crippen LogP contribution >= 0.6 is 0 Å². The molecule has 4 rings (SSSR count). The normalized spacial score (nSPS) is 16.8. The quantitative estimate of drug-likeness (QED) is 0.354. The Morgan fingerprint density at radius 1 is 1.26 bits per heavy atom. The molecule has 0 saturated carbocycles. The zero-order chi connectivity index (χ0) is 27.6. The van der Waals surface area contributed by atoms with Crippen molar-refractivity contribution >= 4 is 34.7 Å². The van der Waals surface area contributed by atoms with Crippen LogP contribution in [0.2, 0.25) is 0 Å². The predicted octanol–water partition coefficient (Wildman–Crippen LogP) is 0.415. The van der Waals surface area contributed by atoms with Crippen LogP contribution < -0.4 is 21.7 Å². The lowest BCUT2D eigenvalue weighted by atomic mass is 10.0. The Hall–Kier alpha value is -4.10. The number of halogens is 1. The lowest BCUT2D eigenvalue weighted by molar-refractivity contribution is -0.111. The molecular formula is C25H30FN7O5. The number of hydrogen-bond donors (Lipinski definition) is 4. The summed E-state index contributed by atoms with van der Waals surface area (Å²) in [5.74, 6) is -1.69. The van der Waals surface area contributed by atoms with Gasteiger partial charge in [0.05, 0.1) is 47.9 Å². The molecule has 3 heterocycles. The molecule has 2 aliphatic heterocycles. The molecule has 1 aromatic heterocycles. The average molecular weight is 528 g/mol. The average Bonchev–Trinajstić information content (AvgIpc) is 3.18. The Morgan fingerprint density at radius 2 is 1.92 bits per heavy atom. The summed E-state index contributed by atoms with van der Waals surface area (Å²) >= 11 is 0. The van der Waals surface area contributed by atoms with Gasteiger partial charge in [-0.25, -0.2) is 14.4 Å². The molecule has 1 atom stereocenters. The highest BCUT2D eigenvalue weighted by molar-refractivity contribution is 6.25. The first-order chi connectivity index (χ1) is 18.0. The maximum Gasteiger partial charge on any atom is 0.261 e. The van der Waals surface area contributed by atoms with Gasteiger partial charge >= 0.3 is 0 Å². The van der Waals surface area contributed by atoms with Gasteiger partial charge in [0.15, 0.2) is 5.82 Å². The van der Waals surface area contributed by atoms with Gasteiger partial charge in [-0.2, -0.15) is 0 Å². The van der Waals surface area contributed by atoms with E-state index in [4.69, 9.17) is 16.2 Å². The summed E-state index contributed by atoms with van der Waals surface area (Å²) in [5, 5.41) is 12.8. The van der Waals surface area contributed by atoms with E-state index >= 15 is 0 Å². The number of nitrogens with zero attached hydrogens (tertiary/aromatic N) is 4. The van der Waals surface area contributed by atoms with Crippen molar-refractivity contribution in [3.63, 3.8) is 0 Å². The van der Waals surface area contributed by atoms with Crippen molar-refractivity contribution in [2.75, 3.05) is 43.1 Å². The predicted molar refractivity (Wildman–Crippen MR) is 137 cm³/mol. The number of nitrogens with one attached hydrogen (secondary N) is 1. The molecule has 2 aliphatic rings. The van der Waals surface area contributed by atoms with Crippen LogP contribution in [-0.2, 0) is 16.1 Å². The lowest BCUT2D eigenvalue weighted by Crippen LogP contribution is -2.42. The third-order valence-electron chi connectivity index (χ3n) is 6.44. The lowest BCUT2D eigenvalue weighted by Gasteiger charge is -2.31. The fraction of sp³-hybridized carbons (Fsp3) is 0.400. The topological polar surface area (TPSA) is 177 Å². The fourth-order valence-electron chi connectivity index (χ4n) is 4.18. The van der Waals surface area contributed by atoms with E-state index in [9.17, 15) is 23.9 Å². The Labute approximate surface area is 218 Å². The number of morpholine rings is 1. The van der Waals surface area contributed by atoms with Crippen LogP contribution in [-0.4, -0.2) is 82.3 Å². The van der Waals surface area contributed by atoms with Gasteiger partial charge in [-0.05, 0) is 31.5 Å². The second-order valence-electron chi connectivity index (χ2n) is 9.63. The van der Waals surface area contributed by atoms with E-state index in [0.29, 0.717) is 48.8 Å². The smallest absolute Gasteiger partial charge is 0.261 e. The van der Waals surface area contributed by atoms with Crippen molar-refractivity contribution in [2.45, 2.75) is 32.2 Å². The molecule has 0 unspecified atom stereocenters. The first kappa shape index (κ1) is 26.9.